The lowest BCUT2D eigenvalue weighted by Crippen LogP contribution is -2.13. The summed E-state index contributed by atoms with van der Waals surface area (Å²) in [4.78, 5) is 11.7. The third kappa shape index (κ3) is 5.56. The summed E-state index contributed by atoms with van der Waals surface area (Å²) in [6.07, 6.45) is 2.21. The van der Waals surface area contributed by atoms with Crippen LogP contribution in [0.4, 0.5) is 0 Å². The predicted molar refractivity (Wildman–Crippen MR) is 75.0 cm³/mol. The molecular weight excluding hydrogens is 248 g/mol. The molecular formula is C14H20O3S. The molecule has 0 amide bonds. The molecule has 0 fully saturated rings. The Balaban J connectivity index is 2.37. The molecule has 1 aromatic rings. The molecule has 0 radical (unpaired) electrons. The van der Waals surface area contributed by atoms with E-state index >= 15 is 0 Å². The first-order valence-corrected chi connectivity index (χ1v) is 7.39. The fraction of sp³-hybridized carbons (Fsp3) is 0.500. The van der Waals surface area contributed by atoms with Crippen LogP contribution in [0.1, 0.15) is 29.8 Å². The molecule has 0 spiro atoms. The highest BCUT2D eigenvalue weighted by Gasteiger charge is 2.06. The van der Waals surface area contributed by atoms with Crippen molar-refractivity contribution in [2.45, 2.75) is 25.7 Å². The lowest BCUT2D eigenvalue weighted by molar-refractivity contribution is 0.0177. The lowest BCUT2D eigenvalue weighted by atomic mass is 10.1. The van der Waals surface area contributed by atoms with Crippen LogP contribution in [-0.2, 0) is 15.2 Å². The molecule has 1 rings (SSSR count). The van der Waals surface area contributed by atoms with Gasteiger partial charge in [0, 0.05) is 5.75 Å². The highest BCUT2D eigenvalue weighted by Crippen LogP contribution is 2.11. The van der Waals surface area contributed by atoms with E-state index in [1.54, 1.807) is 23.9 Å². The summed E-state index contributed by atoms with van der Waals surface area (Å²) in [5, 5.41) is 0. The molecule has 0 heterocycles. The molecule has 0 aliphatic heterocycles. The minimum absolute atomic E-state index is 0.162. The van der Waals surface area contributed by atoms with Gasteiger partial charge in [0.2, 0.25) is 0 Å². The van der Waals surface area contributed by atoms with E-state index < -0.39 is 0 Å². The molecule has 0 saturated heterocycles. The summed E-state index contributed by atoms with van der Waals surface area (Å²) in [5.41, 5.74) is 1.80. The number of hydrogen-bond donors (Lipinski definition) is 0. The zero-order chi connectivity index (χ0) is 13.4. The van der Waals surface area contributed by atoms with E-state index in [4.69, 9.17) is 9.47 Å². The van der Waals surface area contributed by atoms with Crippen LogP contribution >= 0.6 is 11.8 Å². The van der Waals surface area contributed by atoms with Crippen molar-refractivity contribution >= 4 is 17.7 Å². The van der Waals surface area contributed by atoms with Crippen molar-refractivity contribution in [2.24, 2.45) is 0 Å². The Labute approximate surface area is 113 Å². The van der Waals surface area contributed by atoms with Gasteiger partial charge >= 0.3 is 5.97 Å². The highest BCUT2D eigenvalue weighted by molar-refractivity contribution is 7.97. The Morgan fingerprint density at radius 2 is 1.89 bits per heavy atom. The largest absolute Gasteiger partial charge is 0.460 e. The third-order valence-electron chi connectivity index (χ3n) is 2.27. The number of carbonyl (C=O) groups excluding carboxylic acids is 1. The van der Waals surface area contributed by atoms with Gasteiger partial charge in [0.15, 0.2) is 0 Å². The van der Waals surface area contributed by atoms with Crippen molar-refractivity contribution in [3.8, 4) is 0 Å². The monoisotopic (exact) mass is 268 g/mol. The molecule has 4 heteroatoms. The minimum atomic E-state index is -0.293. The van der Waals surface area contributed by atoms with Crippen molar-refractivity contribution in [3.05, 3.63) is 35.4 Å². The summed E-state index contributed by atoms with van der Waals surface area (Å²) in [6, 6.07) is 7.52. The maximum atomic E-state index is 11.7. The van der Waals surface area contributed by atoms with E-state index in [2.05, 4.69) is 6.26 Å². The fourth-order valence-corrected chi connectivity index (χ4v) is 1.93. The number of thioether (sulfide) groups is 1. The number of hydrogen-bond acceptors (Lipinski definition) is 4. The van der Waals surface area contributed by atoms with E-state index in [1.165, 1.54) is 5.56 Å². The maximum Gasteiger partial charge on any atom is 0.338 e. The molecule has 0 N–H and O–H groups in total. The van der Waals surface area contributed by atoms with Gasteiger partial charge in [0.1, 0.15) is 6.61 Å². The Bertz CT molecular complexity index is 360. The minimum Gasteiger partial charge on any atom is -0.460 e. The number of ether oxygens (including phenoxy) is 2. The number of benzene rings is 1. The van der Waals surface area contributed by atoms with Gasteiger partial charge in [-0.2, -0.15) is 11.8 Å². The average molecular weight is 268 g/mol. The van der Waals surface area contributed by atoms with Crippen molar-refractivity contribution < 1.29 is 14.3 Å². The molecule has 18 heavy (non-hydrogen) atoms. The maximum absolute atomic E-state index is 11.7. The van der Waals surface area contributed by atoms with Crippen molar-refractivity contribution in [2.75, 3.05) is 19.5 Å². The average Bonchev–Trinajstić information content (AvgIpc) is 2.35. The Morgan fingerprint density at radius 3 is 2.44 bits per heavy atom. The fourth-order valence-electron chi connectivity index (χ4n) is 1.41. The van der Waals surface area contributed by atoms with Gasteiger partial charge in [0.05, 0.1) is 18.3 Å². The Morgan fingerprint density at radius 1 is 1.22 bits per heavy atom. The molecule has 0 saturated carbocycles. The quantitative estimate of drug-likeness (QED) is 0.562. The second-order valence-corrected chi connectivity index (χ2v) is 5.05. The van der Waals surface area contributed by atoms with Crippen LogP contribution in [0.2, 0.25) is 0 Å². The van der Waals surface area contributed by atoms with Gasteiger partial charge in [-0.05, 0) is 37.8 Å². The number of esters is 1. The Hall–Kier alpha value is -1.00. The van der Waals surface area contributed by atoms with Crippen molar-refractivity contribution in [3.63, 3.8) is 0 Å². The van der Waals surface area contributed by atoms with Gasteiger partial charge in [-0.3, -0.25) is 0 Å². The van der Waals surface area contributed by atoms with Crippen LogP contribution in [0.3, 0.4) is 0 Å². The van der Waals surface area contributed by atoms with Crippen LogP contribution in [0.25, 0.3) is 0 Å². The van der Waals surface area contributed by atoms with Crippen molar-refractivity contribution in [1.29, 1.82) is 0 Å². The second kappa shape index (κ2) is 8.16. The molecule has 100 valence electrons. The molecule has 1 aromatic carbocycles. The van der Waals surface area contributed by atoms with Crippen LogP contribution in [0.15, 0.2) is 24.3 Å². The molecule has 0 atom stereocenters. The number of carbonyl (C=O) groups is 1. The lowest BCUT2D eigenvalue weighted by Gasteiger charge is -2.08. The van der Waals surface area contributed by atoms with Gasteiger partial charge in [-0.1, -0.05) is 12.1 Å². The first kappa shape index (κ1) is 15.1. The molecule has 0 aliphatic carbocycles. The number of rotatable bonds is 7. The van der Waals surface area contributed by atoms with E-state index in [-0.39, 0.29) is 12.1 Å². The SMILES string of the molecule is CSCc1ccc(C(=O)OCCOC(C)C)cc1. The molecule has 0 aliphatic rings. The summed E-state index contributed by atoms with van der Waals surface area (Å²) in [6.45, 7) is 4.64. The van der Waals surface area contributed by atoms with Gasteiger partial charge in [-0.15, -0.1) is 0 Å². The molecule has 3 nitrogen and oxygen atoms in total. The van der Waals surface area contributed by atoms with Gasteiger partial charge in [0.25, 0.3) is 0 Å². The normalized spacial score (nSPS) is 10.7. The topological polar surface area (TPSA) is 35.5 Å². The van der Waals surface area contributed by atoms with Gasteiger partial charge in [-0.25, -0.2) is 4.79 Å². The van der Waals surface area contributed by atoms with E-state index in [9.17, 15) is 4.79 Å². The first-order valence-electron chi connectivity index (χ1n) is 6.00. The highest BCUT2D eigenvalue weighted by atomic mass is 32.2. The molecule has 0 unspecified atom stereocenters. The van der Waals surface area contributed by atoms with Gasteiger partial charge < -0.3 is 9.47 Å². The second-order valence-electron chi connectivity index (χ2n) is 4.19. The molecule has 0 aromatic heterocycles. The van der Waals surface area contributed by atoms with Crippen molar-refractivity contribution in [1.82, 2.24) is 0 Å². The Kier molecular flexibility index (Phi) is 6.83. The van der Waals surface area contributed by atoms with E-state index in [1.807, 2.05) is 26.0 Å². The zero-order valence-corrected chi connectivity index (χ0v) is 12.0. The van der Waals surface area contributed by atoms with E-state index in [0.717, 1.165) is 5.75 Å². The first-order chi connectivity index (χ1) is 8.63. The van der Waals surface area contributed by atoms with Crippen LogP contribution < -0.4 is 0 Å². The van der Waals surface area contributed by atoms with E-state index in [0.29, 0.717) is 18.8 Å². The summed E-state index contributed by atoms with van der Waals surface area (Å²) in [5.74, 6) is 0.662. The zero-order valence-electron chi connectivity index (χ0n) is 11.1. The predicted octanol–water partition coefficient (Wildman–Crippen LogP) is 3.13. The van der Waals surface area contributed by atoms with Crippen LogP contribution in [0, 0.1) is 0 Å². The van der Waals surface area contributed by atoms with Crippen LogP contribution in [-0.4, -0.2) is 31.5 Å². The standard InChI is InChI=1S/C14H20O3S/c1-11(2)16-8-9-17-14(15)13-6-4-12(5-7-13)10-18-3/h4-7,11H,8-10H2,1-3H3. The molecule has 0 bridgehead atoms. The van der Waals surface area contributed by atoms with Crippen LogP contribution in [0.5, 0.6) is 0 Å². The smallest absolute Gasteiger partial charge is 0.338 e. The summed E-state index contributed by atoms with van der Waals surface area (Å²) < 4.78 is 10.4. The third-order valence-corrected chi connectivity index (χ3v) is 2.89. The summed E-state index contributed by atoms with van der Waals surface area (Å²) >= 11 is 1.76. The summed E-state index contributed by atoms with van der Waals surface area (Å²) in [7, 11) is 0.